The van der Waals surface area contributed by atoms with Crippen LogP contribution in [0.1, 0.15) is 23.0 Å². The highest BCUT2D eigenvalue weighted by Gasteiger charge is 2.32. The van der Waals surface area contributed by atoms with Gasteiger partial charge in [-0.15, -0.1) is 0 Å². The molecule has 0 saturated carbocycles. The van der Waals surface area contributed by atoms with E-state index in [1.54, 1.807) is 37.3 Å². The molecule has 1 amide bonds. The van der Waals surface area contributed by atoms with Gasteiger partial charge in [-0.25, -0.2) is 9.79 Å². The first-order chi connectivity index (χ1) is 16.7. The Hall–Kier alpha value is -3.60. The Kier molecular flexibility index (Phi) is 6.97. The number of aromatic carboxylic acids is 1. The van der Waals surface area contributed by atoms with Gasteiger partial charge >= 0.3 is 5.97 Å². The number of thioether (sulfide) groups is 1. The lowest BCUT2D eigenvalue weighted by atomic mass is 10.1. The lowest BCUT2D eigenvalue weighted by molar-refractivity contribution is -0.384. The van der Waals surface area contributed by atoms with Gasteiger partial charge in [-0.3, -0.25) is 19.8 Å². The van der Waals surface area contributed by atoms with Crippen molar-refractivity contribution in [3.8, 4) is 11.3 Å². The van der Waals surface area contributed by atoms with Gasteiger partial charge in [-0.1, -0.05) is 29.3 Å². The fraction of sp³-hybridized carbons (Fsp3) is 0.0870. The number of nitro groups is 1. The van der Waals surface area contributed by atoms with E-state index in [0.29, 0.717) is 39.4 Å². The van der Waals surface area contributed by atoms with Crippen molar-refractivity contribution < 1.29 is 24.0 Å². The third-order valence-corrected chi connectivity index (χ3v) is 6.54. The second-order valence-corrected chi connectivity index (χ2v) is 8.98. The topological polar surface area (TPSA) is 126 Å². The van der Waals surface area contributed by atoms with Gasteiger partial charge in [0, 0.05) is 24.3 Å². The smallest absolute Gasteiger partial charge is 0.335 e. The largest absolute Gasteiger partial charge is 0.478 e. The number of halogens is 2. The molecule has 0 bridgehead atoms. The molecule has 4 rings (SSSR count). The lowest BCUT2D eigenvalue weighted by Crippen LogP contribution is -2.28. The molecule has 178 valence electrons. The van der Waals surface area contributed by atoms with Gasteiger partial charge in [-0.05, 0) is 55.1 Å². The zero-order valence-corrected chi connectivity index (χ0v) is 20.2. The SMILES string of the molecule is CCN1C(=O)/C(=C\c2ccc(-c3cc(Cl)c([N+](=O)[O-])cc3Cl)o2)SC1=Nc1cccc(C(=O)O)c1. The maximum absolute atomic E-state index is 12.9. The molecule has 1 aliphatic rings. The number of benzene rings is 2. The number of nitrogens with zero attached hydrogens (tertiary/aromatic N) is 3. The van der Waals surface area contributed by atoms with E-state index in [1.807, 2.05) is 0 Å². The normalized spacial score (nSPS) is 15.9. The van der Waals surface area contributed by atoms with Crippen LogP contribution in [0.3, 0.4) is 0 Å². The number of carboxylic acid groups (broad SMARTS) is 1. The Morgan fingerprint density at radius 2 is 2.00 bits per heavy atom. The predicted molar refractivity (Wildman–Crippen MR) is 134 cm³/mol. The van der Waals surface area contributed by atoms with E-state index < -0.39 is 10.9 Å². The van der Waals surface area contributed by atoms with Gasteiger partial charge in [0.05, 0.1) is 26.1 Å². The number of hydrogen-bond acceptors (Lipinski definition) is 7. The number of amides is 1. The van der Waals surface area contributed by atoms with Crippen LogP contribution in [0, 0.1) is 10.1 Å². The molecule has 1 aliphatic heterocycles. The molecule has 1 aromatic heterocycles. The summed E-state index contributed by atoms with van der Waals surface area (Å²) >= 11 is 13.3. The Bertz CT molecular complexity index is 1430. The van der Waals surface area contributed by atoms with E-state index in [0.717, 1.165) is 17.8 Å². The molecule has 2 aromatic carbocycles. The lowest BCUT2D eigenvalue weighted by Gasteiger charge is -2.12. The standard InChI is InChI=1S/C23H15Cl2N3O6S/c1-2-27-21(29)20(35-23(27)26-13-5-3-4-12(8-13)22(30)31)9-14-6-7-19(34-14)15-10-17(25)18(28(32)33)11-16(15)24/h3-11H,2H2,1H3,(H,30,31)/b20-9+,26-23?. The molecule has 0 radical (unpaired) electrons. The first kappa shape index (κ1) is 24.5. The summed E-state index contributed by atoms with van der Waals surface area (Å²) in [6.45, 7) is 2.16. The van der Waals surface area contributed by atoms with Crippen LogP contribution >= 0.6 is 35.0 Å². The zero-order valence-electron chi connectivity index (χ0n) is 17.9. The number of aliphatic imine (C=N–C) groups is 1. The summed E-state index contributed by atoms with van der Waals surface area (Å²) < 4.78 is 5.80. The average Bonchev–Trinajstić information content (AvgIpc) is 3.39. The Balaban J connectivity index is 1.63. The zero-order chi connectivity index (χ0) is 25.3. The molecule has 3 aromatic rings. The number of hydrogen-bond donors (Lipinski definition) is 1. The van der Waals surface area contributed by atoms with E-state index in [2.05, 4.69) is 4.99 Å². The number of rotatable bonds is 6. The van der Waals surface area contributed by atoms with E-state index in [9.17, 15) is 24.8 Å². The summed E-state index contributed by atoms with van der Waals surface area (Å²) in [6, 6.07) is 11.9. The van der Waals surface area contributed by atoms with E-state index in [4.69, 9.17) is 27.6 Å². The number of nitro benzene ring substituents is 1. The van der Waals surface area contributed by atoms with Crippen molar-refractivity contribution in [1.29, 1.82) is 0 Å². The van der Waals surface area contributed by atoms with Crippen molar-refractivity contribution >= 4 is 69.5 Å². The summed E-state index contributed by atoms with van der Waals surface area (Å²) in [6.07, 6.45) is 1.55. The molecule has 9 nitrogen and oxygen atoms in total. The van der Waals surface area contributed by atoms with Crippen LogP contribution in [0.5, 0.6) is 0 Å². The maximum Gasteiger partial charge on any atom is 0.335 e. The van der Waals surface area contributed by atoms with Crippen LogP contribution in [0.25, 0.3) is 17.4 Å². The monoisotopic (exact) mass is 531 g/mol. The van der Waals surface area contributed by atoms with Crippen LogP contribution in [-0.2, 0) is 4.79 Å². The third kappa shape index (κ3) is 5.09. The number of furan rings is 1. The van der Waals surface area contributed by atoms with Crippen molar-refractivity contribution in [3.63, 3.8) is 0 Å². The first-order valence-electron chi connectivity index (χ1n) is 10.0. The molecule has 0 aliphatic carbocycles. The first-order valence-corrected chi connectivity index (χ1v) is 11.6. The number of amidine groups is 1. The molecule has 1 N–H and O–H groups in total. The number of likely N-dealkylation sites (N-methyl/N-ethyl adjacent to an activating group) is 1. The van der Waals surface area contributed by atoms with Crippen LogP contribution in [-0.4, -0.2) is 38.5 Å². The molecule has 12 heteroatoms. The van der Waals surface area contributed by atoms with Gasteiger partial charge in [0.25, 0.3) is 11.6 Å². The molecular weight excluding hydrogens is 517 g/mol. The molecule has 35 heavy (non-hydrogen) atoms. The summed E-state index contributed by atoms with van der Waals surface area (Å²) in [5.74, 6) is -0.675. The van der Waals surface area contributed by atoms with E-state index in [-0.39, 0.29) is 27.2 Å². The van der Waals surface area contributed by atoms with Crippen molar-refractivity contribution in [2.45, 2.75) is 6.92 Å². The summed E-state index contributed by atoms with van der Waals surface area (Å²) in [5.41, 5.74) is 0.550. The minimum atomic E-state index is -1.07. The Morgan fingerprint density at radius 1 is 1.23 bits per heavy atom. The molecule has 1 fully saturated rings. The van der Waals surface area contributed by atoms with Crippen LogP contribution in [0.4, 0.5) is 11.4 Å². The van der Waals surface area contributed by atoms with Gasteiger partial charge < -0.3 is 9.52 Å². The number of carbonyl (C=O) groups is 2. The van der Waals surface area contributed by atoms with Crippen LogP contribution in [0.2, 0.25) is 10.0 Å². The highest BCUT2D eigenvalue weighted by atomic mass is 35.5. The van der Waals surface area contributed by atoms with Gasteiger partial charge in [0.2, 0.25) is 0 Å². The van der Waals surface area contributed by atoms with Gasteiger partial charge in [-0.2, -0.15) is 0 Å². The Labute approximate surface area is 212 Å². The summed E-state index contributed by atoms with van der Waals surface area (Å²) in [5, 5.41) is 20.6. The predicted octanol–water partition coefficient (Wildman–Crippen LogP) is 6.48. The third-order valence-electron chi connectivity index (χ3n) is 4.92. The van der Waals surface area contributed by atoms with Crippen molar-refractivity contribution in [3.05, 3.63) is 84.9 Å². The quantitative estimate of drug-likeness (QED) is 0.219. The average molecular weight is 532 g/mol. The van der Waals surface area contributed by atoms with E-state index >= 15 is 0 Å². The van der Waals surface area contributed by atoms with Gasteiger partial charge in [0.15, 0.2) is 5.17 Å². The molecule has 0 unspecified atom stereocenters. The molecule has 2 heterocycles. The second-order valence-electron chi connectivity index (χ2n) is 7.15. The van der Waals surface area contributed by atoms with Crippen molar-refractivity contribution in [1.82, 2.24) is 4.90 Å². The maximum atomic E-state index is 12.9. The fourth-order valence-corrected chi connectivity index (χ4v) is 4.78. The minimum Gasteiger partial charge on any atom is -0.478 e. The second kappa shape index (κ2) is 9.95. The minimum absolute atomic E-state index is 0.0846. The Morgan fingerprint density at radius 3 is 2.69 bits per heavy atom. The van der Waals surface area contributed by atoms with E-state index in [1.165, 1.54) is 23.1 Å². The highest BCUT2D eigenvalue weighted by Crippen LogP contribution is 2.39. The molecule has 0 spiro atoms. The number of carboxylic acids is 1. The highest BCUT2D eigenvalue weighted by molar-refractivity contribution is 8.18. The molecular formula is C23H15Cl2N3O6S. The van der Waals surface area contributed by atoms with Gasteiger partial charge in [0.1, 0.15) is 16.5 Å². The number of carbonyl (C=O) groups excluding carboxylic acids is 1. The summed E-state index contributed by atoms with van der Waals surface area (Å²) in [4.78, 5) is 40.8. The summed E-state index contributed by atoms with van der Waals surface area (Å²) in [7, 11) is 0. The van der Waals surface area contributed by atoms with Crippen LogP contribution in [0.15, 0.2) is 62.8 Å². The van der Waals surface area contributed by atoms with Crippen LogP contribution < -0.4 is 0 Å². The fourth-order valence-electron chi connectivity index (χ4n) is 3.26. The van der Waals surface area contributed by atoms with Crippen molar-refractivity contribution in [2.24, 2.45) is 4.99 Å². The van der Waals surface area contributed by atoms with Crippen molar-refractivity contribution in [2.75, 3.05) is 6.54 Å². The molecule has 0 atom stereocenters. The molecule has 1 saturated heterocycles.